The van der Waals surface area contributed by atoms with Crippen LogP contribution in [0.4, 0.5) is 4.79 Å². The number of carbonyl (C=O) groups excluding carboxylic acids is 3. The maximum Gasteiger partial charge on any atom is 0.407 e. The van der Waals surface area contributed by atoms with Crippen molar-refractivity contribution in [3.8, 4) is 11.5 Å². The van der Waals surface area contributed by atoms with Crippen LogP contribution in [0, 0.1) is 11.3 Å². The van der Waals surface area contributed by atoms with Gasteiger partial charge in [0.15, 0.2) is 11.5 Å². The summed E-state index contributed by atoms with van der Waals surface area (Å²) in [5, 5.41) is 19.8. The molecule has 0 saturated heterocycles. The molecule has 4 N–H and O–H groups in total. The molecule has 3 atom stereocenters. The summed E-state index contributed by atoms with van der Waals surface area (Å²) >= 11 is 0. The first-order valence-electron chi connectivity index (χ1n) is 16.8. The van der Waals surface area contributed by atoms with Crippen LogP contribution in [0.3, 0.4) is 0 Å². The number of nitrogens with zero attached hydrogens (tertiary/aromatic N) is 1. The van der Waals surface area contributed by atoms with Gasteiger partial charge in [0.05, 0.1) is 17.0 Å². The average Bonchev–Trinajstić information content (AvgIpc) is 3.73. The van der Waals surface area contributed by atoms with Gasteiger partial charge in [0.2, 0.25) is 28.6 Å². The minimum Gasteiger partial charge on any atom is -0.454 e. The van der Waals surface area contributed by atoms with Crippen molar-refractivity contribution in [1.29, 1.82) is 0 Å². The zero-order valence-corrected chi connectivity index (χ0v) is 29.8. The van der Waals surface area contributed by atoms with E-state index >= 15 is 0 Å². The number of amides is 3. The first-order chi connectivity index (χ1) is 23.1. The fourth-order valence-electron chi connectivity index (χ4n) is 5.86. The number of aliphatic hydroxyl groups is 1. The Hall–Kier alpha value is -3.88. The van der Waals surface area contributed by atoms with E-state index in [9.17, 15) is 27.9 Å². The molecule has 1 aliphatic carbocycles. The molecule has 1 heterocycles. The molecule has 1 fully saturated rings. The standard InChI is InChI=1S/C35H50N4O9S/c1-23(2)20-39(49(44,45)26-15-16-29-30(18-26)47-22-46-29)21-28(40)27(17-24-11-7-6-8-12-24)37-33(42)32(35(3,4)5)38-31(41)19-36-34(43)48-25-13-9-10-14-25/h6-8,11-12,15-16,18,23,25,27-28,32,40H,9-10,13-14,17,19-22H2,1-5H3,(H,36,43)(H,37,42)(H,38,41). The van der Waals surface area contributed by atoms with E-state index in [4.69, 9.17) is 14.2 Å². The topological polar surface area (TPSA) is 173 Å². The number of rotatable bonds is 15. The van der Waals surface area contributed by atoms with Crippen molar-refractivity contribution in [2.45, 2.75) is 95.9 Å². The van der Waals surface area contributed by atoms with Crippen LogP contribution >= 0.6 is 0 Å². The molecule has 1 aliphatic heterocycles. The SMILES string of the molecule is CC(C)CN(CC(O)C(Cc1ccccc1)NC(=O)C(NC(=O)CNC(=O)OC1CCCC1)C(C)(C)C)S(=O)(=O)c1ccc2c(c1)OCO2. The molecule has 2 aliphatic rings. The Morgan fingerprint density at radius 2 is 1.65 bits per heavy atom. The highest BCUT2D eigenvalue weighted by Crippen LogP contribution is 2.35. The van der Waals surface area contributed by atoms with Crippen molar-refractivity contribution in [3.05, 3.63) is 54.1 Å². The number of aliphatic hydroxyl groups excluding tert-OH is 1. The predicted octanol–water partition coefficient (Wildman–Crippen LogP) is 3.35. The lowest BCUT2D eigenvalue weighted by Crippen LogP contribution is -2.59. The second-order valence-electron chi connectivity index (χ2n) is 14.1. The highest BCUT2D eigenvalue weighted by molar-refractivity contribution is 7.89. The van der Waals surface area contributed by atoms with Gasteiger partial charge in [0, 0.05) is 19.2 Å². The van der Waals surface area contributed by atoms with Gasteiger partial charge in [-0.2, -0.15) is 4.31 Å². The molecule has 0 radical (unpaired) electrons. The molecular formula is C35H50N4O9S. The molecule has 3 unspecified atom stereocenters. The maximum atomic E-state index is 13.9. The second kappa shape index (κ2) is 16.7. The highest BCUT2D eigenvalue weighted by atomic mass is 32.2. The maximum absolute atomic E-state index is 13.9. The number of sulfonamides is 1. The van der Waals surface area contributed by atoms with Crippen molar-refractivity contribution in [2.75, 3.05) is 26.4 Å². The van der Waals surface area contributed by atoms with Gasteiger partial charge in [0.25, 0.3) is 0 Å². The number of hydrogen-bond acceptors (Lipinski definition) is 9. The van der Waals surface area contributed by atoms with Gasteiger partial charge < -0.3 is 35.3 Å². The molecule has 2 aromatic carbocycles. The number of ether oxygens (including phenoxy) is 3. The van der Waals surface area contributed by atoms with Crippen LogP contribution in [0.2, 0.25) is 0 Å². The molecule has 1 saturated carbocycles. The van der Waals surface area contributed by atoms with Crippen molar-refractivity contribution in [2.24, 2.45) is 11.3 Å². The Morgan fingerprint density at radius 3 is 2.31 bits per heavy atom. The van der Waals surface area contributed by atoms with E-state index in [0.29, 0.717) is 11.5 Å². The second-order valence-corrected chi connectivity index (χ2v) is 16.1. The summed E-state index contributed by atoms with van der Waals surface area (Å²) in [5.41, 5.74) is 0.0424. The Bertz CT molecular complexity index is 1540. The number of hydrogen-bond donors (Lipinski definition) is 4. The van der Waals surface area contributed by atoms with E-state index in [1.54, 1.807) is 20.8 Å². The lowest BCUT2D eigenvalue weighted by Gasteiger charge is -2.34. The Balaban J connectivity index is 1.50. The van der Waals surface area contributed by atoms with Gasteiger partial charge in [0.1, 0.15) is 18.7 Å². The van der Waals surface area contributed by atoms with Crippen LogP contribution in [-0.4, -0.2) is 86.5 Å². The predicted molar refractivity (Wildman–Crippen MR) is 182 cm³/mol. The molecule has 0 spiro atoms. The van der Waals surface area contributed by atoms with E-state index in [1.165, 1.54) is 22.5 Å². The molecule has 270 valence electrons. The summed E-state index contributed by atoms with van der Waals surface area (Å²) in [5.74, 6) is -0.473. The molecule has 3 amide bonds. The summed E-state index contributed by atoms with van der Waals surface area (Å²) in [6.45, 7) is 8.49. The largest absolute Gasteiger partial charge is 0.454 e. The van der Waals surface area contributed by atoms with Gasteiger partial charge in [-0.25, -0.2) is 13.2 Å². The number of carbonyl (C=O) groups is 3. The van der Waals surface area contributed by atoms with Crippen LogP contribution in [0.1, 0.15) is 65.9 Å². The van der Waals surface area contributed by atoms with Crippen molar-refractivity contribution < 1.29 is 42.1 Å². The van der Waals surface area contributed by atoms with Gasteiger partial charge in [-0.3, -0.25) is 9.59 Å². The normalized spacial score (nSPS) is 16.7. The van der Waals surface area contributed by atoms with Gasteiger partial charge in [-0.1, -0.05) is 65.0 Å². The molecule has 14 heteroatoms. The lowest BCUT2D eigenvalue weighted by molar-refractivity contribution is -0.132. The molecular weight excluding hydrogens is 652 g/mol. The Labute approximate surface area is 289 Å². The zero-order valence-electron chi connectivity index (χ0n) is 28.9. The third-order valence-electron chi connectivity index (χ3n) is 8.43. The van der Waals surface area contributed by atoms with E-state index < -0.39 is 51.5 Å². The van der Waals surface area contributed by atoms with E-state index in [-0.39, 0.29) is 49.8 Å². The van der Waals surface area contributed by atoms with Crippen LogP contribution in [0.15, 0.2) is 53.4 Å². The molecule has 13 nitrogen and oxygen atoms in total. The number of fused-ring (bicyclic) bond motifs is 1. The van der Waals surface area contributed by atoms with E-state index in [2.05, 4.69) is 16.0 Å². The summed E-state index contributed by atoms with van der Waals surface area (Å²) in [6, 6.07) is 11.6. The molecule has 0 aromatic heterocycles. The molecule has 2 aromatic rings. The average molecular weight is 703 g/mol. The third-order valence-corrected chi connectivity index (χ3v) is 10.3. The summed E-state index contributed by atoms with van der Waals surface area (Å²) in [7, 11) is -4.10. The molecule has 0 bridgehead atoms. The number of benzene rings is 2. The number of nitrogens with one attached hydrogen (secondary N) is 3. The zero-order chi connectivity index (χ0) is 35.8. The van der Waals surface area contributed by atoms with Crippen molar-refractivity contribution in [3.63, 3.8) is 0 Å². The third kappa shape index (κ3) is 10.8. The first kappa shape index (κ1) is 37.9. The fourth-order valence-corrected chi connectivity index (χ4v) is 7.49. The van der Waals surface area contributed by atoms with E-state index in [0.717, 1.165) is 31.2 Å². The molecule has 49 heavy (non-hydrogen) atoms. The summed E-state index contributed by atoms with van der Waals surface area (Å²) in [6.07, 6.45) is 1.57. The number of alkyl carbamates (subject to hydrolysis) is 1. The van der Waals surface area contributed by atoms with Crippen LogP contribution in [0.25, 0.3) is 0 Å². The minimum atomic E-state index is -4.10. The quantitative estimate of drug-likeness (QED) is 0.217. The fraction of sp³-hybridized carbons (Fsp3) is 0.571. The highest BCUT2D eigenvalue weighted by Gasteiger charge is 2.37. The summed E-state index contributed by atoms with van der Waals surface area (Å²) < 4.78 is 45.1. The van der Waals surface area contributed by atoms with Gasteiger partial charge >= 0.3 is 6.09 Å². The minimum absolute atomic E-state index is 0.00634. The van der Waals surface area contributed by atoms with Crippen LogP contribution < -0.4 is 25.4 Å². The van der Waals surface area contributed by atoms with Crippen LogP contribution in [0.5, 0.6) is 11.5 Å². The monoisotopic (exact) mass is 702 g/mol. The Morgan fingerprint density at radius 1 is 0.980 bits per heavy atom. The van der Waals surface area contributed by atoms with Crippen LogP contribution in [-0.2, 0) is 30.8 Å². The smallest absolute Gasteiger partial charge is 0.407 e. The van der Waals surface area contributed by atoms with E-state index in [1.807, 2.05) is 44.2 Å². The molecule has 4 rings (SSSR count). The van der Waals surface area contributed by atoms with Gasteiger partial charge in [-0.05, 0) is 61.1 Å². The van der Waals surface area contributed by atoms with Crippen molar-refractivity contribution in [1.82, 2.24) is 20.3 Å². The van der Waals surface area contributed by atoms with Gasteiger partial charge in [-0.15, -0.1) is 0 Å². The van der Waals surface area contributed by atoms with Crippen molar-refractivity contribution >= 4 is 27.9 Å². The first-order valence-corrected chi connectivity index (χ1v) is 18.2. The Kier molecular flexibility index (Phi) is 12.9. The summed E-state index contributed by atoms with van der Waals surface area (Å²) in [4.78, 5) is 39.0. The lowest BCUT2D eigenvalue weighted by atomic mass is 9.85.